The van der Waals surface area contributed by atoms with Crippen molar-refractivity contribution in [2.24, 2.45) is 0 Å². The summed E-state index contributed by atoms with van der Waals surface area (Å²) >= 11 is 7.14. The molecule has 19 heavy (non-hydrogen) atoms. The van der Waals surface area contributed by atoms with Crippen LogP contribution < -0.4 is 11.1 Å². The average Bonchev–Trinajstić information content (AvgIpc) is 2.38. The fourth-order valence-electron chi connectivity index (χ4n) is 1.42. The van der Waals surface area contributed by atoms with Gasteiger partial charge in [-0.1, -0.05) is 29.4 Å². The van der Waals surface area contributed by atoms with Crippen molar-refractivity contribution in [3.8, 4) is 0 Å². The first kappa shape index (κ1) is 13.7. The van der Waals surface area contributed by atoms with Gasteiger partial charge in [0, 0.05) is 16.9 Å². The number of aromatic nitrogens is 1. The lowest BCUT2D eigenvalue weighted by atomic mass is 10.3. The van der Waals surface area contributed by atoms with E-state index in [0.29, 0.717) is 21.4 Å². The number of carbonyl (C=O) groups excluding carboxylic acids is 1. The second kappa shape index (κ2) is 6.45. The fraction of sp³-hybridized carbons (Fsp3) is 0.0769. The number of hydrogen-bond donors (Lipinski definition) is 2. The van der Waals surface area contributed by atoms with Gasteiger partial charge in [-0.15, -0.1) is 0 Å². The summed E-state index contributed by atoms with van der Waals surface area (Å²) in [6.07, 6.45) is 1.65. The number of thioether (sulfide) groups is 1. The van der Waals surface area contributed by atoms with Crippen LogP contribution in [0.25, 0.3) is 0 Å². The predicted molar refractivity (Wildman–Crippen MR) is 79.5 cm³/mol. The summed E-state index contributed by atoms with van der Waals surface area (Å²) in [5.74, 6) is 0.116. The highest BCUT2D eigenvalue weighted by molar-refractivity contribution is 8.00. The number of anilines is 2. The zero-order chi connectivity index (χ0) is 13.7. The van der Waals surface area contributed by atoms with Gasteiger partial charge in [-0.2, -0.15) is 0 Å². The molecule has 4 nitrogen and oxygen atoms in total. The highest BCUT2D eigenvalue weighted by atomic mass is 35.5. The van der Waals surface area contributed by atoms with Gasteiger partial charge >= 0.3 is 0 Å². The van der Waals surface area contributed by atoms with E-state index in [1.54, 1.807) is 42.6 Å². The molecule has 2 aromatic rings. The summed E-state index contributed by atoms with van der Waals surface area (Å²) in [4.78, 5) is 15.9. The number of pyridine rings is 1. The van der Waals surface area contributed by atoms with Crippen LogP contribution in [0.5, 0.6) is 0 Å². The molecule has 0 fully saturated rings. The number of nitrogens with zero attached hydrogens (tertiary/aromatic N) is 1. The van der Waals surface area contributed by atoms with E-state index in [9.17, 15) is 4.79 Å². The van der Waals surface area contributed by atoms with Gasteiger partial charge < -0.3 is 11.1 Å². The third-order valence-electron chi connectivity index (χ3n) is 2.25. The molecule has 0 bridgehead atoms. The molecule has 6 heteroatoms. The molecule has 98 valence electrons. The molecular weight excluding hydrogens is 282 g/mol. The third-order valence-corrected chi connectivity index (χ3v) is 3.51. The van der Waals surface area contributed by atoms with Crippen molar-refractivity contribution in [3.63, 3.8) is 0 Å². The molecule has 0 aliphatic carbocycles. The lowest BCUT2D eigenvalue weighted by Crippen LogP contribution is -2.14. The van der Waals surface area contributed by atoms with Crippen LogP contribution in [0.1, 0.15) is 0 Å². The van der Waals surface area contributed by atoms with E-state index in [4.69, 9.17) is 17.3 Å². The Balaban J connectivity index is 1.90. The van der Waals surface area contributed by atoms with Gasteiger partial charge in [0.05, 0.1) is 11.4 Å². The lowest BCUT2D eigenvalue weighted by molar-refractivity contribution is -0.113. The zero-order valence-corrected chi connectivity index (χ0v) is 11.5. The number of nitrogens with two attached hydrogens (primary N) is 1. The number of nitrogens with one attached hydrogen (secondary N) is 1. The second-order valence-electron chi connectivity index (χ2n) is 3.74. The van der Waals surface area contributed by atoms with Crippen LogP contribution in [0, 0.1) is 0 Å². The second-order valence-corrected chi connectivity index (χ2v) is 5.15. The van der Waals surface area contributed by atoms with Crippen LogP contribution >= 0.6 is 23.4 Å². The monoisotopic (exact) mass is 293 g/mol. The van der Waals surface area contributed by atoms with Crippen molar-refractivity contribution in [1.29, 1.82) is 0 Å². The Labute approximate surface area is 120 Å². The maximum atomic E-state index is 11.8. The van der Waals surface area contributed by atoms with E-state index in [1.165, 1.54) is 11.8 Å². The smallest absolute Gasteiger partial charge is 0.234 e. The minimum absolute atomic E-state index is 0.127. The highest BCUT2D eigenvalue weighted by Crippen LogP contribution is 2.22. The first-order chi connectivity index (χ1) is 9.15. The topological polar surface area (TPSA) is 68.0 Å². The predicted octanol–water partition coefficient (Wildman–Crippen LogP) is 3.05. The molecule has 3 N–H and O–H groups in total. The van der Waals surface area contributed by atoms with Crippen LogP contribution in [-0.4, -0.2) is 16.6 Å². The number of amides is 1. The normalized spacial score (nSPS) is 10.2. The number of carbonyl (C=O) groups is 1. The summed E-state index contributed by atoms with van der Waals surface area (Å²) in [6.45, 7) is 0. The maximum Gasteiger partial charge on any atom is 0.234 e. The maximum absolute atomic E-state index is 11.8. The van der Waals surface area contributed by atoms with Crippen LogP contribution in [0.2, 0.25) is 5.02 Å². The molecule has 0 radical (unpaired) electrons. The van der Waals surface area contributed by atoms with Gasteiger partial charge in [-0.05, 0) is 30.3 Å². The van der Waals surface area contributed by atoms with Crippen molar-refractivity contribution in [3.05, 3.63) is 47.6 Å². The highest BCUT2D eigenvalue weighted by Gasteiger charge is 2.06. The van der Waals surface area contributed by atoms with Crippen LogP contribution in [0.4, 0.5) is 11.4 Å². The van der Waals surface area contributed by atoms with Gasteiger partial charge in [0.1, 0.15) is 5.03 Å². The third kappa shape index (κ3) is 4.15. The molecule has 0 spiro atoms. The van der Waals surface area contributed by atoms with Crippen molar-refractivity contribution in [2.75, 3.05) is 16.8 Å². The van der Waals surface area contributed by atoms with Gasteiger partial charge in [0.25, 0.3) is 0 Å². The molecule has 2 rings (SSSR count). The summed E-state index contributed by atoms with van der Waals surface area (Å²) in [7, 11) is 0. The Morgan fingerprint density at radius 1 is 1.37 bits per heavy atom. The molecule has 1 aromatic heterocycles. The Morgan fingerprint density at radius 3 is 2.95 bits per heavy atom. The first-order valence-corrected chi connectivity index (χ1v) is 6.90. The Kier molecular flexibility index (Phi) is 4.65. The van der Waals surface area contributed by atoms with E-state index in [2.05, 4.69) is 10.3 Å². The summed E-state index contributed by atoms with van der Waals surface area (Å²) in [6, 6.07) is 10.5. The molecule has 0 unspecified atom stereocenters. The minimum Gasteiger partial charge on any atom is -0.397 e. The van der Waals surface area contributed by atoms with E-state index < -0.39 is 0 Å². The molecule has 0 atom stereocenters. The van der Waals surface area contributed by atoms with E-state index >= 15 is 0 Å². The molecule has 1 amide bonds. The molecule has 0 saturated heterocycles. The molecular formula is C13H12ClN3OS. The standard InChI is InChI=1S/C13H12ClN3OS/c14-9-3-1-4-10(7-9)17-12(18)8-19-13-11(15)5-2-6-16-13/h1-7H,8,15H2,(H,17,18). The number of nitrogen functional groups attached to an aromatic ring is 1. The fourth-order valence-corrected chi connectivity index (χ4v) is 2.32. The van der Waals surface area contributed by atoms with Crippen LogP contribution in [-0.2, 0) is 4.79 Å². The van der Waals surface area contributed by atoms with E-state index in [1.807, 2.05) is 0 Å². The molecule has 0 aliphatic rings. The Morgan fingerprint density at radius 2 is 2.21 bits per heavy atom. The van der Waals surface area contributed by atoms with Crippen molar-refractivity contribution >= 4 is 40.6 Å². The zero-order valence-electron chi connectivity index (χ0n) is 9.97. The van der Waals surface area contributed by atoms with Crippen molar-refractivity contribution < 1.29 is 4.79 Å². The molecule has 1 aromatic carbocycles. The minimum atomic E-state index is -0.127. The number of benzene rings is 1. The van der Waals surface area contributed by atoms with E-state index in [-0.39, 0.29) is 11.7 Å². The Hall–Kier alpha value is -1.72. The van der Waals surface area contributed by atoms with E-state index in [0.717, 1.165) is 0 Å². The SMILES string of the molecule is Nc1cccnc1SCC(=O)Nc1cccc(Cl)c1. The van der Waals surface area contributed by atoms with Crippen LogP contribution in [0.3, 0.4) is 0 Å². The van der Waals surface area contributed by atoms with Gasteiger partial charge in [0.2, 0.25) is 5.91 Å². The number of halogens is 1. The quantitative estimate of drug-likeness (QED) is 0.850. The van der Waals surface area contributed by atoms with Gasteiger partial charge in [0.15, 0.2) is 0 Å². The molecule has 0 saturated carbocycles. The summed E-state index contributed by atoms with van der Waals surface area (Å²) < 4.78 is 0. The largest absolute Gasteiger partial charge is 0.397 e. The number of hydrogen-bond acceptors (Lipinski definition) is 4. The van der Waals surface area contributed by atoms with Crippen LogP contribution in [0.15, 0.2) is 47.6 Å². The summed E-state index contributed by atoms with van der Waals surface area (Å²) in [5, 5.41) is 4.00. The average molecular weight is 294 g/mol. The molecule has 1 heterocycles. The molecule has 0 aliphatic heterocycles. The first-order valence-electron chi connectivity index (χ1n) is 5.54. The lowest BCUT2D eigenvalue weighted by Gasteiger charge is -2.06. The Bertz CT molecular complexity index is 592. The van der Waals surface area contributed by atoms with Crippen molar-refractivity contribution in [2.45, 2.75) is 5.03 Å². The van der Waals surface area contributed by atoms with Gasteiger partial charge in [-0.3, -0.25) is 4.79 Å². The summed E-state index contributed by atoms with van der Waals surface area (Å²) in [5.41, 5.74) is 6.99. The van der Waals surface area contributed by atoms with Gasteiger partial charge in [-0.25, -0.2) is 4.98 Å². The number of rotatable bonds is 4. The van der Waals surface area contributed by atoms with Crippen molar-refractivity contribution in [1.82, 2.24) is 4.98 Å².